The molecule has 0 saturated carbocycles. The van der Waals surface area contributed by atoms with Crippen LogP contribution in [0.4, 0.5) is 0 Å². The lowest BCUT2D eigenvalue weighted by atomic mass is 9.95. The number of allylic oxidation sites excluding steroid dienone is 4. The van der Waals surface area contributed by atoms with Gasteiger partial charge in [-0.25, -0.2) is 4.79 Å². The van der Waals surface area contributed by atoms with Gasteiger partial charge in [0.05, 0.1) is 7.11 Å². The first-order valence-corrected chi connectivity index (χ1v) is 10.3. The van der Waals surface area contributed by atoms with E-state index in [1.165, 1.54) is 49.3 Å². The van der Waals surface area contributed by atoms with Crippen LogP contribution in [-0.4, -0.2) is 29.1 Å². The van der Waals surface area contributed by atoms with Crippen molar-refractivity contribution in [3.8, 4) is 0 Å². The van der Waals surface area contributed by atoms with Crippen LogP contribution in [0.5, 0.6) is 0 Å². The molecule has 0 unspecified atom stereocenters. The van der Waals surface area contributed by atoms with Gasteiger partial charge >= 0.3 is 5.97 Å². The second kappa shape index (κ2) is 12.7. The van der Waals surface area contributed by atoms with Crippen molar-refractivity contribution in [3.63, 3.8) is 0 Å². The number of unbranched alkanes of at least 4 members (excludes halogenated alkanes) is 4. The molecule has 1 rings (SSSR count). The van der Waals surface area contributed by atoms with E-state index in [1.807, 2.05) is 6.08 Å². The number of ether oxygens (including phenoxy) is 1. The third kappa shape index (κ3) is 8.30. The molecule has 1 aliphatic carbocycles. The fourth-order valence-corrected chi connectivity index (χ4v) is 3.48. The Morgan fingerprint density at radius 3 is 2.70 bits per heavy atom. The first-order chi connectivity index (χ1) is 13.0. The van der Waals surface area contributed by atoms with Crippen LogP contribution in [0.1, 0.15) is 78.1 Å². The van der Waals surface area contributed by atoms with Gasteiger partial charge in [0.25, 0.3) is 5.79 Å². The molecule has 1 aliphatic rings. The first kappa shape index (κ1) is 23.4. The molecule has 152 valence electrons. The van der Waals surface area contributed by atoms with Crippen LogP contribution in [0.2, 0.25) is 0 Å². The Kier molecular flexibility index (Phi) is 11.0. The van der Waals surface area contributed by atoms with Gasteiger partial charge in [-0.1, -0.05) is 50.8 Å². The molecule has 0 aliphatic heterocycles. The third-order valence-electron chi connectivity index (χ3n) is 5.16. The zero-order valence-electron chi connectivity index (χ0n) is 17.2. The number of methoxy groups -OCH3 is 1. The third-order valence-corrected chi connectivity index (χ3v) is 5.16. The molecule has 27 heavy (non-hydrogen) atoms. The maximum atomic E-state index is 11.2. The lowest BCUT2D eigenvalue weighted by Gasteiger charge is -2.15. The Bertz CT molecular complexity index is 577. The number of carbonyl (C=O) groups is 1. The Morgan fingerprint density at radius 1 is 1.26 bits per heavy atom. The molecule has 0 fully saturated rings. The molecule has 4 nitrogen and oxygen atoms in total. The second-order valence-corrected chi connectivity index (χ2v) is 7.24. The van der Waals surface area contributed by atoms with E-state index in [1.54, 1.807) is 0 Å². The van der Waals surface area contributed by atoms with Crippen molar-refractivity contribution in [1.29, 1.82) is 0 Å². The fourth-order valence-electron chi connectivity index (χ4n) is 3.48. The zero-order valence-corrected chi connectivity index (χ0v) is 17.2. The van der Waals surface area contributed by atoms with Crippen molar-refractivity contribution in [2.45, 2.75) is 83.8 Å². The normalized spacial score (nSPS) is 17.3. The van der Waals surface area contributed by atoms with E-state index in [-0.39, 0.29) is 6.42 Å². The molecule has 2 N–H and O–H groups in total. The van der Waals surface area contributed by atoms with Crippen molar-refractivity contribution >= 4 is 5.97 Å². The lowest BCUT2D eigenvalue weighted by molar-refractivity contribution is -0.205. The van der Waals surface area contributed by atoms with Gasteiger partial charge in [0.2, 0.25) is 0 Å². The Morgan fingerprint density at radius 2 is 2.04 bits per heavy atom. The molecule has 4 heteroatoms. The average molecular weight is 377 g/mol. The summed E-state index contributed by atoms with van der Waals surface area (Å²) in [6.45, 7) is 4.46. The van der Waals surface area contributed by atoms with Crippen molar-refractivity contribution in [2.24, 2.45) is 5.92 Å². The van der Waals surface area contributed by atoms with Crippen LogP contribution in [0.3, 0.4) is 0 Å². The van der Waals surface area contributed by atoms with Gasteiger partial charge in [-0.15, -0.1) is 5.73 Å². The molecule has 0 amide bonds. The number of carbonyl (C=O) groups excluding carboxylic acids is 1. The van der Waals surface area contributed by atoms with E-state index in [2.05, 4.69) is 36.5 Å². The Hall–Kier alpha value is -1.61. The standard InChI is InChI=1S/C23H36O4/c1-4-6-7-8-9-11-14-20-17-16-19(5-2)21(20)15-12-10-13-18-23(25,26)22(24)27-3/h11-14,19,25-26H,4-9,15-18H2,1-3H3/b14-11+/t10?,19-/m0/s1. The van der Waals surface area contributed by atoms with Crippen LogP contribution in [0.15, 0.2) is 41.2 Å². The largest absolute Gasteiger partial charge is 0.465 e. The molecule has 0 spiro atoms. The van der Waals surface area contributed by atoms with E-state index in [0.717, 1.165) is 32.8 Å². The molecular formula is C23H36O4. The molecule has 0 heterocycles. The predicted molar refractivity (Wildman–Crippen MR) is 109 cm³/mol. The molecule has 0 aromatic heterocycles. The lowest BCUT2D eigenvalue weighted by Crippen LogP contribution is -2.38. The summed E-state index contributed by atoms with van der Waals surface area (Å²) in [7, 11) is 1.12. The molecule has 0 aromatic rings. The zero-order chi connectivity index (χ0) is 20.1. The van der Waals surface area contributed by atoms with E-state index in [0.29, 0.717) is 5.92 Å². The number of hydrogen-bond acceptors (Lipinski definition) is 4. The van der Waals surface area contributed by atoms with Crippen molar-refractivity contribution in [3.05, 3.63) is 41.2 Å². The molecule has 0 saturated heterocycles. The monoisotopic (exact) mass is 376 g/mol. The van der Waals surface area contributed by atoms with Gasteiger partial charge in [-0.3, -0.25) is 0 Å². The summed E-state index contributed by atoms with van der Waals surface area (Å²) >= 11 is 0. The molecule has 1 atom stereocenters. The summed E-state index contributed by atoms with van der Waals surface area (Å²) in [5.74, 6) is -2.93. The summed E-state index contributed by atoms with van der Waals surface area (Å²) in [6.07, 6.45) is 18.3. The van der Waals surface area contributed by atoms with Crippen molar-refractivity contribution in [1.82, 2.24) is 0 Å². The van der Waals surface area contributed by atoms with Gasteiger partial charge in [-0.2, -0.15) is 0 Å². The number of rotatable bonds is 12. The van der Waals surface area contributed by atoms with E-state index >= 15 is 0 Å². The van der Waals surface area contributed by atoms with Crippen LogP contribution >= 0.6 is 0 Å². The van der Waals surface area contributed by atoms with Crippen LogP contribution in [0.25, 0.3) is 0 Å². The molecule has 0 radical (unpaired) electrons. The van der Waals surface area contributed by atoms with E-state index in [9.17, 15) is 15.0 Å². The highest BCUT2D eigenvalue weighted by Crippen LogP contribution is 2.37. The maximum Gasteiger partial charge on any atom is 0.366 e. The number of hydrogen-bond donors (Lipinski definition) is 2. The quantitative estimate of drug-likeness (QED) is 0.218. The minimum absolute atomic E-state index is 0.239. The number of aliphatic hydroxyl groups is 2. The average Bonchev–Trinajstić information content (AvgIpc) is 3.05. The highest BCUT2D eigenvalue weighted by molar-refractivity contribution is 5.77. The van der Waals surface area contributed by atoms with Gasteiger partial charge in [0.15, 0.2) is 0 Å². The van der Waals surface area contributed by atoms with Gasteiger partial charge in [0.1, 0.15) is 0 Å². The van der Waals surface area contributed by atoms with Crippen LogP contribution < -0.4 is 0 Å². The fraction of sp³-hybridized carbons (Fsp3) is 0.652. The highest BCUT2D eigenvalue weighted by atomic mass is 16.6. The summed E-state index contributed by atoms with van der Waals surface area (Å²) in [6, 6.07) is 0. The SMILES string of the molecule is CCCCCC/C=C/C1=C(CC=C=CCC(O)(O)C(=O)OC)[C@@H](CC)CC1. The number of esters is 1. The summed E-state index contributed by atoms with van der Waals surface area (Å²) in [5.41, 5.74) is 5.88. The smallest absolute Gasteiger partial charge is 0.366 e. The van der Waals surface area contributed by atoms with Crippen molar-refractivity contribution < 1.29 is 19.7 Å². The van der Waals surface area contributed by atoms with Crippen LogP contribution in [0, 0.1) is 5.92 Å². The van der Waals surface area contributed by atoms with Gasteiger partial charge in [0, 0.05) is 6.42 Å². The Balaban J connectivity index is 2.64. The van der Waals surface area contributed by atoms with Gasteiger partial charge in [-0.05, 0) is 62.2 Å². The molecular weight excluding hydrogens is 340 g/mol. The predicted octanol–water partition coefficient (Wildman–Crippen LogP) is 4.98. The van der Waals surface area contributed by atoms with Crippen molar-refractivity contribution in [2.75, 3.05) is 7.11 Å². The topological polar surface area (TPSA) is 66.8 Å². The van der Waals surface area contributed by atoms with E-state index < -0.39 is 11.8 Å². The van der Waals surface area contributed by atoms with Gasteiger partial charge < -0.3 is 14.9 Å². The minimum Gasteiger partial charge on any atom is -0.465 e. The van der Waals surface area contributed by atoms with E-state index in [4.69, 9.17) is 0 Å². The Labute approximate surface area is 164 Å². The maximum absolute atomic E-state index is 11.2. The minimum atomic E-state index is -2.49. The van der Waals surface area contributed by atoms with Crippen LogP contribution in [-0.2, 0) is 9.53 Å². The summed E-state index contributed by atoms with van der Waals surface area (Å²) in [5, 5.41) is 19.1. The summed E-state index contributed by atoms with van der Waals surface area (Å²) in [4.78, 5) is 11.2. The first-order valence-electron chi connectivity index (χ1n) is 10.3. The highest BCUT2D eigenvalue weighted by Gasteiger charge is 2.32. The summed E-state index contributed by atoms with van der Waals surface area (Å²) < 4.78 is 4.35. The molecule has 0 aromatic carbocycles. The molecule has 0 bridgehead atoms. The second-order valence-electron chi connectivity index (χ2n) is 7.24.